The van der Waals surface area contributed by atoms with Crippen molar-refractivity contribution in [1.82, 2.24) is 4.31 Å². The van der Waals surface area contributed by atoms with Crippen LogP contribution in [0, 0.1) is 11.8 Å². The van der Waals surface area contributed by atoms with Gasteiger partial charge in [-0.05, 0) is 36.6 Å². The monoisotopic (exact) mass is 326 g/mol. The smallest absolute Gasteiger partial charge is 0.307 e. The van der Waals surface area contributed by atoms with E-state index in [1.165, 1.54) is 4.31 Å². The van der Waals surface area contributed by atoms with Gasteiger partial charge in [-0.2, -0.15) is 4.31 Å². The second kappa shape index (κ2) is 6.26. The molecule has 0 spiro atoms. The first-order valence-electron chi connectivity index (χ1n) is 7.22. The Hall–Kier alpha value is -1.60. The maximum atomic E-state index is 12.7. The average Bonchev–Trinajstić information content (AvgIpc) is 2.46. The summed E-state index contributed by atoms with van der Waals surface area (Å²) in [5, 5.41) is 9.18. The van der Waals surface area contributed by atoms with Crippen molar-refractivity contribution in [3.63, 3.8) is 0 Å². The molecule has 7 heteroatoms. The van der Waals surface area contributed by atoms with Crippen LogP contribution in [0.15, 0.2) is 29.2 Å². The van der Waals surface area contributed by atoms with Crippen LogP contribution in [0.25, 0.3) is 0 Å². The fourth-order valence-electron chi connectivity index (χ4n) is 2.74. The highest BCUT2D eigenvalue weighted by atomic mass is 32.2. The zero-order chi connectivity index (χ0) is 16.5. The third-order valence-electron chi connectivity index (χ3n) is 3.97. The van der Waals surface area contributed by atoms with Crippen LogP contribution in [0.1, 0.15) is 13.3 Å². The first-order chi connectivity index (χ1) is 10.2. The van der Waals surface area contributed by atoms with Gasteiger partial charge in [0.05, 0.1) is 10.8 Å². The molecule has 0 saturated carbocycles. The third kappa shape index (κ3) is 3.41. The summed E-state index contributed by atoms with van der Waals surface area (Å²) in [6, 6.07) is 6.63. The lowest BCUT2D eigenvalue weighted by Crippen LogP contribution is -2.45. The largest absolute Gasteiger partial charge is 0.481 e. The Labute approximate surface area is 131 Å². The summed E-state index contributed by atoms with van der Waals surface area (Å²) in [5.41, 5.74) is 0.911. The van der Waals surface area contributed by atoms with Gasteiger partial charge in [0.25, 0.3) is 0 Å². The van der Waals surface area contributed by atoms with Crippen molar-refractivity contribution in [2.24, 2.45) is 11.8 Å². The molecule has 1 aliphatic rings. The Balaban J connectivity index is 2.27. The number of hydrogen-bond donors (Lipinski definition) is 1. The summed E-state index contributed by atoms with van der Waals surface area (Å²) in [6.07, 6.45) is 0.515. The summed E-state index contributed by atoms with van der Waals surface area (Å²) in [4.78, 5) is 13.3. The van der Waals surface area contributed by atoms with E-state index in [9.17, 15) is 18.3 Å². The van der Waals surface area contributed by atoms with Gasteiger partial charge in [-0.25, -0.2) is 8.42 Å². The van der Waals surface area contributed by atoms with Crippen LogP contribution in [0.4, 0.5) is 5.69 Å². The number of sulfonamides is 1. The van der Waals surface area contributed by atoms with E-state index in [4.69, 9.17) is 0 Å². The number of carbonyl (C=O) groups is 1. The standard InChI is InChI=1S/C15H22N2O4S/c1-11-8-12(15(18)19)10-17(9-11)22(20,21)14-6-4-13(5-7-14)16(2)3/h4-7,11-12H,8-10H2,1-3H3,(H,18,19). The summed E-state index contributed by atoms with van der Waals surface area (Å²) >= 11 is 0. The van der Waals surface area contributed by atoms with E-state index in [1.54, 1.807) is 24.3 Å². The van der Waals surface area contributed by atoms with Crippen molar-refractivity contribution in [1.29, 1.82) is 0 Å². The molecule has 0 aromatic heterocycles. The van der Waals surface area contributed by atoms with Crippen molar-refractivity contribution in [2.45, 2.75) is 18.2 Å². The normalized spacial score (nSPS) is 23.2. The Bertz CT molecular complexity index is 640. The van der Waals surface area contributed by atoms with Crippen LogP contribution in [0.2, 0.25) is 0 Å². The van der Waals surface area contributed by atoms with E-state index in [2.05, 4.69) is 0 Å². The molecule has 6 nitrogen and oxygen atoms in total. The van der Waals surface area contributed by atoms with Crippen molar-refractivity contribution in [3.8, 4) is 0 Å². The van der Waals surface area contributed by atoms with E-state index in [1.807, 2.05) is 25.9 Å². The molecule has 22 heavy (non-hydrogen) atoms. The van der Waals surface area contributed by atoms with Gasteiger partial charge in [-0.1, -0.05) is 6.92 Å². The molecule has 0 amide bonds. The second-order valence-electron chi connectivity index (χ2n) is 6.09. The Morgan fingerprint density at radius 1 is 1.23 bits per heavy atom. The predicted octanol–water partition coefficient (Wildman–Crippen LogP) is 1.48. The fourth-order valence-corrected chi connectivity index (χ4v) is 4.35. The minimum absolute atomic E-state index is 0.0330. The molecule has 2 unspecified atom stereocenters. The molecular formula is C15H22N2O4S. The SMILES string of the molecule is CC1CC(C(=O)O)CN(S(=O)(=O)c2ccc(N(C)C)cc2)C1. The van der Waals surface area contributed by atoms with Crippen LogP contribution < -0.4 is 4.90 Å². The number of nitrogens with zero attached hydrogens (tertiary/aromatic N) is 2. The molecule has 0 aliphatic carbocycles. The highest BCUT2D eigenvalue weighted by Crippen LogP contribution is 2.27. The van der Waals surface area contributed by atoms with Gasteiger partial charge in [0.1, 0.15) is 0 Å². The molecule has 2 atom stereocenters. The van der Waals surface area contributed by atoms with E-state index in [-0.39, 0.29) is 17.4 Å². The number of aliphatic carboxylic acids is 1. The lowest BCUT2D eigenvalue weighted by molar-refractivity contribution is -0.143. The Kier molecular flexibility index (Phi) is 4.77. The molecule has 1 saturated heterocycles. The lowest BCUT2D eigenvalue weighted by Gasteiger charge is -2.33. The van der Waals surface area contributed by atoms with E-state index < -0.39 is 21.9 Å². The minimum atomic E-state index is -3.65. The topological polar surface area (TPSA) is 77.9 Å². The zero-order valence-corrected chi connectivity index (χ0v) is 13.9. The summed E-state index contributed by atoms with van der Waals surface area (Å²) in [7, 11) is 0.112. The number of carboxylic acid groups (broad SMARTS) is 1. The second-order valence-corrected chi connectivity index (χ2v) is 8.02. The van der Waals surface area contributed by atoms with Crippen molar-refractivity contribution < 1.29 is 18.3 Å². The van der Waals surface area contributed by atoms with Gasteiger partial charge in [-0.15, -0.1) is 0 Å². The van der Waals surface area contributed by atoms with E-state index in [0.717, 1.165) is 5.69 Å². The van der Waals surface area contributed by atoms with Crippen molar-refractivity contribution in [2.75, 3.05) is 32.1 Å². The van der Waals surface area contributed by atoms with Gasteiger partial charge < -0.3 is 10.0 Å². The first-order valence-corrected chi connectivity index (χ1v) is 8.66. The fraction of sp³-hybridized carbons (Fsp3) is 0.533. The predicted molar refractivity (Wildman–Crippen MR) is 84.4 cm³/mol. The zero-order valence-electron chi connectivity index (χ0n) is 13.1. The van der Waals surface area contributed by atoms with Crippen molar-refractivity contribution >= 4 is 21.7 Å². The van der Waals surface area contributed by atoms with Gasteiger partial charge in [0.15, 0.2) is 0 Å². The number of hydrogen-bond acceptors (Lipinski definition) is 4. The number of piperidine rings is 1. The molecule has 2 rings (SSSR count). The van der Waals surface area contributed by atoms with Crippen LogP contribution in [-0.2, 0) is 14.8 Å². The molecule has 0 radical (unpaired) electrons. The molecular weight excluding hydrogens is 304 g/mol. The van der Waals surface area contributed by atoms with Gasteiger partial charge in [-0.3, -0.25) is 4.79 Å². The minimum Gasteiger partial charge on any atom is -0.481 e. The molecule has 122 valence electrons. The first kappa shape index (κ1) is 16.8. The maximum Gasteiger partial charge on any atom is 0.307 e. The summed E-state index contributed by atoms with van der Waals surface area (Å²) < 4.78 is 26.7. The number of rotatable bonds is 4. The van der Waals surface area contributed by atoms with Gasteiger partial charge >= 0.3 is 5.97 Å². The maximum absolute atomic E-state index is 12.7. The highest BCUT2D eigenvalue weighted by Gasteiger charge is 2.36. The number of carboxylic acids is 1. The van der Waals surface area contributed by atoms with Crippen LogP contribution in [0.3, 0.4) is 0 Å². The summed E-state index contributed by atoms with van der Waals surface area (Å²) in [6.45, 7) is 2.28. The highest BCUT2D eigenvalue weighted by molar-refractivity contribution is 7.89. The molecule has 1 N–H and O–H groups in total. The number of benzene rings is 1. The van der Waals surface area contributed by atoms with E-state index in [0.29, 0.717) is 13.0 Å². The van der Waals surface area contributed by atoms with Crippen molar-refractivity contribution in [3.05, 3.63) is 24.3 Å². The van der Waals surface area contributed by atoms with E-state index >= 15 is 0 Å². The van der Waals surface area contributed by atoms with Gasteiger partial charge in [0.2, 0.25) is 10.0 Å². The lowest BCUT2D eigenvalue weighted by atomic mass is 9.92. The Morgan fingerprint density at radius 2 is 1.82 bits per heavy atom. The molecule has 1 aromatic rings. The average molecular weight is 326 g/mol. The Morgan fingerprint density at radius 3 is 2.32 bits per heavy atom. The molecule has 0 bridgehead atoms. The molecule has 1 heterocycles. The molecule has 1 fully saturated rings. The third-order valence-corrected chi connectivity index (χ3v) is 5.81. The van der Waals surface area contributed by atoms with Crippen LogP contribution >= 0.6 is 0 Å². The molecule has 1 aliphatic heterocycles. The quantitative estimate of drug-likeness (QED) is 0.907. The van der Waals surface area contributed by atoms with Crippen LogP contribution in [0.5, 0.6) is 0 Å². The number of anilines is 1. The van der Waals surface area contributed by atoms with Crippen LogP contribution in [-0.4, -0.2) is 51.0 Å². The summed E-state index contributed by atoms with van der Waals surface area (Å²) in [5.74, 6) is -1.54. The molecule has 1 aromatic carbocycles. The van der Waals surface area contributed by atoms with Gasteiger partial charge in [0, 0.05) is 32.9 Å².